The van der Waals surface area contributed by atoms with Gasteiger partial charge in [-0.1, -0.05) is 90.5 Å². The van der Waals surface area contributed by atoms with Crippen LogP contribution in [0.25, 0.3) is 0 Å². The fraction of sp³-hybridized carbons (Fsp3) is 0.250. The summed E-state index contributed by atoms with van der Waals surface area (Å²) in [4.78, 5) is 2.27. The first-order valence-corrected chi connectivity index (χ1v) is 9.78. The normalized spacial score (nSPS) is 24.6. The average Bonchev–Trinajstić information content (AvgIpc) is 3.24. The minimum Gasteiger partial charge on any atom is -0.402 e. The molecule has 2 nitrogen and oxygen atoms in total. The lowest BCUT2D eigenvalue weighted by Gasteiger charge is -2.36. The molecule has 2 heterocycles. The second kappa shape index (κ2) is 6.67. The quantitative estimate of drug-likeness (QED) is 0.656. The summed E-state index contributed by atoms with van der Waals surface area (Å²) in [6, 6.07) is 28.3. The van der Waals surface area contributed by atoms with Crippen molar-refractivity contribution >= 4 is 12.5 Å². The topological polar surface area (TPSA) is 12.5 Å². The van der Waals surface area contributed by atoms with E-state index in [4.69, 9.17) is 4.65 Å². The van der Waals surface area contributed by atoms with Gasteiger partial charge in [0, 0.05) is 7.39 Å². The summed E-state index contributed by atoms with van der Waals surface area (Å²) in [5, 5.41) is 0. The lowest BCUT2D eigenvalue weighted by atomic mass is 9.70. The van der Waals surface area contributed by atoms with Gasteiger partial charge in [-0.3, -0.25) is 0 Å². The standard InChI is InChI=1S/C24H24BNO/c1-19-11-8-9-16-22(19)25-26-18-10-17-23(26)24(27-25,20-12-4-2-5-13-20)21-14-6-3-7-15-21/h2-9,11-16,23H,10,17-18H2,1H3/i23D. The van der Waals surface area contributed by atoms with Crippen LogP contribution in [-0.2, 0) is 10.3 Å². The maximum atomic E-state index is 9.73. The molecule has 0 radical (unpaired) electrons. The zero-order chi connectivity index (χ0) is 19.2. The molecule has 5 rings (SSSR count). The van der Waals surface area contributed by atoms with Gasteiger partial charge in [0.1, 0.15) is 5.60 Å². The summed E-state index contributed by atoms with van der Waals surface area (Å²) >= 11 is 0. The Bertz CT molecular complexity index is 941. The van der Waals surface area contributed by atoms with E-state index in [0.717, 1.165) is 36.0 Å². The highest BCUT2D eigenvalue weighted by Gasteiger charge is 2.59. The Morgan fingerprint density at radius 3 is 2.15 bits per heavy atom. The van der Waals surface area contributed by atoms with Crippen molar-refractivity contribution in [2.24, 2.45) is 0 Å². The number of nitrogens with zero attached hydrogens (tertiary/aromatic N) is 1. The molecule has 2 aliphatic heterocycles. The van der Waals surface area contributed by atoms with Gasteiger partial charge < -0.3 is 9.47 Å². The van der Waals surface area contributed by atoms with Crippen molar-refractivity contribution in [3.8, 4) is 0 Å². The van der Waals surface area contributed by atoms with E-state index in [9.17, 15) is 1.37 Å². The minimum atomic E-state index is -0.845. The average molecular weight is 354 g/mol. The van der Waals surface area contributed by atoms with Crippen LogP contribution in [0, 0.1) is 6.92 Å². The molecule has 134 valence electrons. The van der Waals surface area contributed by atoms with Crippen LogP contribution in [0.15, 0.2) is 84.9 Å². The molecular weight excluding hydrogens is 329 g/mol. The van der Waals surface area contributed by atoms with Gasteiger partial charge in [0.2, 0.25) is 0 Å². The summed E-state index contributed by atoms with van der Waals surface area (Å²) in [7, 11) is -0.221. The van der Waals surface area contributed by atoms with E-state index in [2.05, 4.69) is 60.3 Å². The first-order chi connectivity index (χ1) is 13.7. The van der Waals surface area contributed by atoms with Gasteiger partial charge in [-0.2, -0.15) is 0 Å². The van der Waals surface area contributed by atoms with Crippen LogP contribution in [0.3, 0.4) is 0 Å². The van der Waals surface area contributed by atoms with Gasteiger partial charge in [0.05, 0.1) is 0 Å². The zero-order valence-electron chi connectivity index (χ0n) is 16.6. The van der Waals surface area contributed by atoms with Crippen LogP contribution < -0.4 is 5.46 Å². The molecule has 0 saturated carbocycles. The van der Waals surface area contributed by atoms with Crippen LogP contribution in [0.2, 0.25) is 0 Å². The fourth-order valence-corrected chi connectivity index (χ4v) is 4.71. The molecule has 3 heteroatoms. The van der Waals surface area contributed by atoms with Crippen LogP contribution in [-0.4, -0.2) is 24.4 Å². The smallest absolute Gasteiger partial charge is 0.402 e. The van der Waals surface area contributed by atoms with Crippen molar-refractivity contribution in [3.63, 3.8) is 0 Å². The second-order valence-corrected chi connectivity index (χ2v) is 7.48. The van der Waals surface area contributed by atoms with Gasteiger partial charge in [0.25, 0.3) is 0 Å². The lowest BCUT2D eigenvalue weighted by molar-refractivity contribution is 0.106. The highest BCUT2D eigenvalue weighted by atomic mass is 16.5. The summed E-state index contributed by atoms with van der Waals surface area (Å²) < 4.78 is 16.7. The molecule has 0 spiro atoms. The molecular formula is C24H24BNO. The molecule has 1 unspecified atom stereocenters. The van der Waals surface area contributed by atoms with Crippen LogP contribution in [0.1, 0.15) is 30.9 Å². The second-order valence-electron chi connectivity index (χ2n) is 7.48. The number of benzene rings is 3. The molecule has 0 amide bonds. The largest absolute Gasteiger partial charge is 0.420 e. The van der Waals surface area contributed by atoms with Crippen LogP contribution >= 0.6 is 0 Å². The Balaban J connectivity index is 1.76. The third-order valence-corrected chi connectivity index (χ3v) is 5.95. The predicted octanol–water partition coefficient (Wildman–Crippen LogP) is 4.13. The SMILES string of the molecule is [2H]C12CCCN1B(c1ccccc1C)OC2(c1ccccc1)c1ccccc1. The van der Waals surface area contributed by atoms with E-state index < -0.39 is 11.6 Å². The number of rotatable bonds is 3. The van der Waals surface area contributed by atoms with Gasteiger partial charge in [-0.15, -0.1) is 0 Å². The van der Waals surface area contributed by atoms with Crippen molar-refractivity contribution in [3.05, 3.63) is 102 Å². The molecule has 0 aromatic heterocycles. The Morgan fingerprint density at radius 1 is 0.926 bits per heavy atom. The number of hydrogen-bond donors (Lipinski definition) is 0. The van der Waals surface area contributed by atoms with E-state index in [1.165, 1.54) is 5.56 Å². The van der Waals surface area contributed by atoms with Crippen molar-refractivity contribution in [1.29, 1.82) is 0 Å². The van der Waals surface area contributed by atoms with Crippen molar-refractivity contribution < 1.29 is 6.03 Å². The first kappa shape index (κ1) is 15.7. The molecule has 0 aliphatic carbocycles. The molecule has 27 heavy (non-hydrogen) atoms. The van der Waals surface area contributed by atoms with E-state index >= 15 is 0 Å². The molecule has 0 N–H and O–H groups in total. The van der Waals surface area contributed by atoms with Gasteiger partial charge >= 0.3 is 7.05 Å². The lowest BCUT2D eigenvalue weighted by Crippen LogP contribution is -2.46. The number of aryl methyl sites for hydroxylation is 1. The molecule has 3 aromatic carbocycles. The summed E-state index contributed by atoms with van der Waals surface area (Å²) in [5.74, 6) is 0. The summed E-state index contributed by atoms with van der Waals surface area (Å²) in [6.07, 6.45) is 1.80. The maximum Gasteiger partial charge on any atom is 0.420 e. The zero-order valence-corrected chi connectivity index (χ0v) is 15.6. The Hall–Kier alpha value is -2.36. The third-order valence-electron chi connectivity index (χ3n) is 5.95. The highest BCUT2D eigenvalue weighted by Crippen LogP contribution is 2.48. The van der Waals surface area contributed by atoms with Crippen LogP contribution in [0.4, 0.5) is 0 Å². The third kappa shape index (κ3) is 2.57. The molecule has 2 aliphatic rings. The first-order valence-electron chi connectivity index (χ1n) is 10.3. The monoisotopic (exact) mass is 354 g/mol. The Labute approximate surface area is 163 Å². The van der Waals surface area contributed by atoms with Gasteiger partial charge in [-0.05, 0) is 42.9 Å². The predicted molar refractivity (Wildman–Crippen MR) is 111 cm³/mol. The number of fused-ring (bicyclic) bond motifs is 1. The van der Waals surface area contributed by atoms with E-state index in [-0.39, 0.29) is 7.05 Å². The Kier molecular flexibility index (Phi) is 3.87. The highest BCUT2D eigenvalue weighted by molar-refractivity contribution is 6.66. The molecule has 1 atom stereocenters. The molecule has 2 saturated heterocycles. The van der Waals surface area contributed by atoms with Crippen molar-refractivity contribution in [1.82, 2.24) is 4.81 Å². The van der Waals surface area contributed by atoms with E-state index in [1.54, 1.807) is 0 Å². The summed E-state index contributed by atoms with van der Waals surface area (Å²) in [5.41, 5.74) is 3.66. The fourth-order valence-electron chi connectivity index (χ4n) is 4.71. The molecule has 2 fully saturated rings. The maximum absolute atomic E-state index is 9.73. The number of hydrogen-bond acceptors (Lipinski definition) is 2. The van der Waals surface area contributed by atoms with Crippen molar-refractivity contribution in [2.75, 3.05) is 6.54 Å². The van der Waals surface area contributed by atoms with Crippen molar-refractivity contribution in [2.45, 2.75) is 31.4 Å². The summed E-state index contributed by atoms with van der Waals surface area (Å²) in [6.45, 7) is 3.01. The van der Waals surface area contributed by atoms with E-state index in [1.807, 2.05) is 36.4 Å². The molecule has 3 aromatic rings. The van der Waals surface area contributed by atoms with Crippen LogP contribution in [0.5, 0.6) is 0 Å². The Morgan fingerprint density at radius 2 is 1.52 bits per heavy atom. The van der Waals surface area contributed by atoms with Gasteiger partial charge in [0.15, 0.2) is 0 Å². The molecule has 0 bridgehead atoms. The van der Waals surface area contributed by atoms with Gasteiger partial charge in [-0.25, -0.2) is 0 Å². The minimum absolute atomic E-state index is 0.221. The van der Waals surface area contributed by atoms with E-state index in [0.29, 0.717) is 0 Å².